The molecule has 5 nitrogen and oxygen atoms in total. The molecule has 0 heterocycles. The molecule has 0 aliphatic heterocycles. The van der Waals surface area contributed by atoms with Crippen molar-refractivity contribution in [2.24, 2.45) is 5.41 Å². The highest BCUT2D eigenvalue weighted by Gasteiger charge is 2.21. The molecule has 0 saturated carbocycles. The van der Waals surface area contributed by atoms with Gasteiger partial charge in [-0.2, -0.15) is 0 Å². The molecule has 0 bridgehead atoms. The fourth-order valence-corrected chi connectivity index (χ4v) is 2.00. The van der Waals surface area contributed by atoms with Crippen molar-refractivity contribution < 1.29 is 14.7 Å². The van der Waals surface area contributed by atoms with E-state index in [1.807, 2.05) is 20.8 Å². The van der Waals surface area contributed by atoms with Crippen molar-refractivity contribution in [2.75, 3.05) is 10.6 Å². The lowest BCUT2D eigenvalue weighted by Gasteiger charge is -2.17. The summed E-state index contributed by atoms with van der Waals surface area (Å²) in [6, 6.07) is 10.9. The zero-order chi connectivity index (χ0) is 17.9. The van der Waals surface area contributed by atoms with Crippen LogP contribution in [0.15, 0.2) is 42.5 Å². The SMILES string of the molecule is CC(C)(C)C(=O)Nc1ccc(C(=O)Nc2cc(Cl)ccc2O)cc1. The van der Waals surface area contributed by atoms with Crippen LogP contribution in [0, 0.1) is 5.41 Å². The third-order valence-electron chi connectivity index (χ3n) is 3.29. The fourth-order valence-electron chi connectivity index (χ4n) is 1.83. The van der Waals surface area contributed by atoms with Crippen LogP contribution < -0.4 is 10.6 Å². The van der Waals surface area contributed by atoms with Gasteiger partial charge in [-0.05, 0) is 42.5 Å². The van der Waals surface area contributed by atoms with Crippen LogP contribution in [0.5, 0.6) is 5.75 Å². The van der Waals surface area contributed by atoms with Crippen molar-refractivity contribution in [3.05, 3.63) is 53.1 Å². The minimum Gasteiger partial charge on any atom is -0.506 e. The average Bonchev–Trinajstić information content (AvgIpc) is 2.50. The number of carbonyl (C=O) groups excluding carboxylic acids is 2. The van der Waals surface area contributed by atoms with Crippen LogP contribution >= 0.6 is 11.6 Å². The number of nitrogens with one attached hydrogen (secondary N) is 2. The lowest BCUT2D eigenvalue weighted by molar-refractivity contribution is -0.123. The Bertz CT molecular complexity index is 765. The lowest BCUT2D eigenvalue weighted by atomic mass is 9.95. The summed E-state index contributed by atoms with van der Waals surface area (Å²) in [6.07, 6.45) is 0. The lowest BCUT2D eigenvalue weighted by Crippen LogP contribution is -2.27. The number of hydrogen-bond acceptors (Lipinski definition) is 3. The van der Waals surface area contributed by atoms with Gasteiger partial charge in [-0.25, -0.2) is 0 Å². The van der Waals surface area contributed by atoms with Crippen molar-refractivity contribution in [3.8, 4) is 5.75 Å². The molecule has 2 rings (SSSR count). The van der Waals surface area contributed by atoms with Gasteiger partial charge in [0.15, 0.2) is 0 Å². The van der Waals surface area contributed by atoms with Crippen LogP contribution in [-0.4, -0.2) is 16.9 Å². The molecular weight excluding hydrogens is 328 g/mol. The summed E-state index contributed by atoms with van der Waals surface area (Å²) < 4.78 is 0. The molecule has 0 aliphatic carbocycles. The molecule has 2 amide bonds. The molecule has 24 heavy (non-hydrogen) atoms. The Morgan fingerprint density at radius 2 is 1.62 bits per heavy atom. The van der Waals surface area contributed by atoms with Gasteiger partial charge in [-0.15, -0.1) is 0 Å². The fraction of sp³-hybridized carbons (Fsp3) is 0.222. The highest BCUT2D eigenvalue weighted by Crippen LogP contribution is 2.27. The quantitative estimate of drug-likeness (QED) is 0.726. The molecule has 0 fully saturated rings. The minimum atomic E-state index is -0.500. The molecule has 2 aromatic carbocycles. The number of rotatable bonds is 3. The van der Waals surface area contributed by atoms with Gasteiger partial charge in [0.25, 0.3) is 5.91 Å². The maximum atomic E-state index is 12.2. The van der Waals surface area contributed by atoms with Gasteiger partial charge < -0.3 is 15.7 Å². The number of hydrogen-bond donors (Lipinski definition) is 3. The van der Waals surface area contributed by atoms with E-state index in [1.165, 1.54) is 18.2 Å². The first-order valence-electron chi connectivity index (χ1n) is 7.38. The topological polar surface area (TPSA) is 78.4 Å². The Balaban J connectivity index is 2.09. The van der Waals surface area contributed by atoms with Gasteiger partial charge in [0.05, 0.1) is 5.69 Å². The molecule has 0 spiro atoms. The number of phenols is 1. The molecule has 126 valence electrons. The molecule has 0 saturated heterocycles. The zero-order valence-corrected chi connectivity index (χ0v) is 14.4. The number of phenolic OH excluding ortho intramolecular Hbond substituents is 1. The molecule has 0 unspecified atom stereocenters. The van der Waals surface area contributed by atoms with Crippen LogP contribution in [0.3, 0.4) is 0 Å². The van der Waals surface area contributed by atoms with E-state index in [0.29, 0.717) is 16.3 Å². The second kappa shape index (κ2) is 6.93. The number of anilines is 2. The monoisotopic (exact) mass is 346 g/mol. The summed E-state index contributed by atoms with van der Waals surface area (Å²) in [5, 5.41) is 15.5. The third kappa shape index (κ3) is 4.49. The first-order valence-corrected chi connectivity index (χ1v) is 7.76. The van der Waals surface area contributed by atoms with Gasteiger partial charge in [-0.1, -0.05) is 32.4 Å². The van der Waals surface area contributed by atoms with Crippen LogP contribution in [0.25, 0.3) is 0 Å². The number of aromatic hydroxyl groups is 1. The van der Waals surface area contributed by atoms with Crippen LogP contribution in [0.4, 0.5) is 11.4 Å². The first-order chi connectivity index (χ1) is 11.2. The van der Waals surface area contributed by atoms with Crippen molar-refractivity contribution in [3.63, 3.8) is 0 Å². The number of amides is 2. The van der Waals surface area contributed by atoms with E-state index < -0.39 is 5.41 Å². The normalized spacial score (nSPS) is 11.0. The Kier molecular flexibility index (Phi) is 5.14. The van der Waals surface area contributed by atoms with E-state index in [0.717, 1.165) is 0 Å². The van der Waals surface area contributed by atoms with E-state index in [-0.39, 0.29) is 23.3 Å². The molecular formula is C18H19ClN2O3. The molecule has 6 heteroatoms. The highest BCUT2D eigenvalue weighted by atomic mass is 35.5. The van der Waals surface area contributed by atoms with Crippen LogP contribution in [0.2, 0.25) is 5.02 Å². The second-order valence-electron chi connectivity index (χ2n) is 6.40. The largest absolute Gasteiger partial charge is 0.506 e. The van der Waals surface area contributed by atoms with Gasteiger partial charge in [-0.3, -0.25) is 9.59 Å². The molecule has 0 aliphatic rings. The third-order valence-corrected chi connectivity index (χ3v) is 3.53. The van der Waals surface area contributed by atoms with Crippen LogP contribution in [-0.2, 0) is 4.79 Å². The maximum absolute atomic E-state index is 12.2. The molecule has 0 radical (unpaired) electrons. The highest BCUT2D eigenvalue weighted by molar-refractivity contribution is 6.31. The number of benzene rings is 2. The average molecular weight is 347 g/mol. The molecule has 2 aromatic rings. The summed E-state index contributed by atoms with van der Waals surface area (Å²) in [4.78, 5) is 24.2. The summed E-state index contributed by atoms with van der Waals surface area (Å²) in [7, 11) is 0. The standard InChI is InChI=1S/C18H19ClN2O3/c1-18(2,3)17(24)20-13-7-4-11(5-8-13)16(23)21-14-10-12(19)6-9-15(14)22/h4-10,22H,1-3H3,(H,20,24)(H,21,23). The summed E-state index contributed by atoms with van der Waals surface area (Å²) in [5.41, 5.74) is 0.734. The zero-order valence-electron chi connectivity index (χ0n) is 13.7. The number of carbonyl (C=O) groups is 2. The summed E-state index contributed by atoms with van der Waals surface area (Å²) >= 11 is 5.85. The molecule has 0 aromatic heterocycles. The van der Waals surface area contributed by atoms with E-state index in [4.69, 9.17) is 11.6 Å². The van der Waals surface area contributed by atoms with Crippen molar-refractivity contribution >= 4 is 34.8 Å². The Morgan fingerprint density at radius 3 is 2.21 bits per heavy atom. The predicted molar refractivity (Wildman–Crippen MR) is 95.6 cm³/mol. The van der Waals surface area contributed by atoms with E-state index >= 15 is 0 Å². The summed E-state index contributed by atoms with van der Waals surface area (Å²) in [6.45, 7) is 5.46. The molecule has 3 N–H and O–H groups in total. The predicted octanol–water partition coefficient (Wildman–Crippen LogP) is 4.28. The van der Waals surface area contributed by atoms with Gasteiger partial charge in [0, 0.05) is 21.7 Å². The Hall–Kier alpha value is -2.53. The van der Waals surface area contributed by atoms with Gasteiger partial charge in [0.1, 0.15) is 5.75 Å². The van der Waals surface area contributed by atoms with Crippen LogP contribution in [0.1, 0.15) is 31.1 Å². The minimum absolute atomic E-state index is 0.0678. The molecule has 0 atom stereocenters. The van der Waals surface area contributed by atoms with E-state index in [1.54, 1.807) is 24.3 Å². The number of halogens is 1. The van der Waals surface area contributed by atoms with Crippen molar-refractivity contribution in [2.45, 2.75) is 20.8 Å². The van der Waals surface area contributed by atoms with Crippen molar-refractivity contribution in [1.29, 1.82) is 0 Å². The Morgan fingerprint density at radius 1 is 1.00 bits per heavy atom. The Labute approximate surface area is 145 Å². The van der Waals surface area contributed by atoms with E-state index in [2.05, 4.69) is 10.6 Å². The second-order valence-corrected chi connectivity index (χ2v) is 6.83. The summed E-state index contributed by atoms with van der Waals surface area (Å²) in [5.74, 6) is -0.563. The smallest absolute Gasteiger partial charge is 0.255 e. The maximum Gasteiger partial charge on any atom is 0.255 e. The van der Waals surface area contributed by atoms with E-state index in [9.17, 15) is 14.7 Å². The first kappa shape index (κ1) is 17.8. The van der Waals surface area contributed by atoms with Gasteiger partial charge in [0.2, 0.25) is 5.91 Å². The van der Waals surface area contributed by atoms with Crippen molar-refractivity contribution in [1.82, 2.24) is 0 Å². The van der Waals surface area contributed by atoms with Gasteiger partial charge >= 0.3 is 0 Å².